The molecule has 3 rings (SSSR count). The summed E-state index contributed by atoms with van der Waals surface area (Å²) in [5.41, 5.74) is 1.32. The van der Waals surface area contributed by atoms with Crippen LogP contribution >= 0.6 is 11.8 Å². The maximum atomic E-state index is 5.03. The van der Waals surface area contributed by atoms with Crippen LogP contribution in [0.25, 0.3) is 0 Å². The van der Waals surface area contributed by atoms with Gasteiger partial charge in [-0.1, -0.05) is 47.3 Å². The summed E-state index contributed by atoms with van der Waals surface area (Å²) in [6.45, 7) is 1.46. The number of benzene rings is 1. The SMILES string of the molecule is c1ccc(C2CN=C(NCc3ccno3)S2)cc1. The Labute approximate surface area is 109 Å². The fourth-order valence-corrected chi connectivity index (χ4v) is 2.83. The van der Waals surface area contributed by atoms with Crippen molar-refractivity contribution in [3.8, 4) is 0 Å². The normalized spacial score (nSPS) is 18.7. The minimum Gasteiger partial charge on any atom is -0.360 e. The summed E-state index contributed by atoms with van der Waals surface area (Å²) < 4.78 is 5.03. The third kappa shape index (κ3) is 2.56. The molecule has 0 bridgehead atoms. The smallest absolute Gasteiger partial charge is 0.157 e. The number of aliphatic imine (C=N–C) groups is 1. The van der Waals surface area contributed by atoms with Gasteiger partial charge in [-0.2, -0.15) is 0 Å². The quantitative estimate of drug-likeness (QED) is 0.920. The Balaban J connectivity index is 1.55. The van der Waals surface area contributed by atoms with Gasteiger partial charge in [-0.05, 0) is 5.56 Å². The molecular formula is C13H13N3OS. The molecule has 4 nitrogen and oxygen atoms in total. The van der Waals surface area contributed by atoms with E-state index in [1.807, 2.05) is 12.1 Å². The number of hydrogen-bond donors (Lipinski definition) is 1. The van der Waals surface area contributed by atoms with Crippen molar-refractivity contribution >= 4 is 16.9 Å². The predicted octanol–water partition coefficient (Wildman–Crippen LogP) is 2.61. The average molecular weight is 259 g/mol. The van der Waals surface area contributed by atoms with Crippen LogP contribution in [0, 0.1) is 0 Å². The molecule has 2 heterocycles. The van der Waals surface area contributed by atoms with Crippen molar-refractivity contribution in [2.24, 2.45) is 4.99 Å². The summed E-state index contributed by atoms with van der Waals surface area (Å²) >= 11 is 1.76. The molecule has 1 atom stereocenters. The van der Waals surface area contributed by atoms with Crippen molar-refractivity contribution in [3.05, 3.63) is 53.9 Å². The zero-order chi connectivity index (χ0) is 12.2. The number of nitrogens with zero attached hydrogens (tertiary/aromatic N) is 2. The van der Waals surface area contributed by atoms with E-state index in [1.165, 1.54) is 5.56 Å². The highest BCUT2D eigenvalue weighted by atomic mass is 32.2. The Morgan fingerprint density at radius 1 is 1.28 bits per heavy atom. The van der Waals surface area contributed by atoms with E-state index in [0.29, 0.717) is 11.8 Å². The van der Waals surface area contributed by atoms with Gasteiger partial charge in [0.1, 0.15) is 0 Å². The number of amidine groups is 1. The van der Waals surface area contributed by atoms with Crippen molar-refractivity contribution in [2.45, 2.75) is 11.8 Å². The molecule has 1 aliphatic rings. The van der Waals surface area contributed by atoms with Crippen molar-refractivity contribution in [2.75, 3.05) is 6.54 Å². The first-order chi connectivity index (χ1) is 8.92. The fraction of sp³-hybridized carbons (Fsp3) is 0.231. The molecule has 0 aliphatic carbocycles. The van der Waals surface area contributed by atoms with Gasteiger partial charge in [0.2, 0.25) is 0 Å². The topological polar surface area (TPSA) is 50.4 Å². The van der Waals surface area contributed by atoms with Crippen LogP contribution in [0.2, 0.25) is 0 Å². The number of rotatable bonds is 3. The van der Waals surface area contributed by atoms with E-state index in [-0.39, 0.29) is 0 Å². The van der Waals surface area contributed by atoms with Crippen LogP contribution in [-0.2, 0) is 6.54 Å². The van der Waals surface area contributed by atoms with E-state index in [1.54, 1.807) is 18.0 Å². The predicted molar refractivity (Wildman–Crippen MR) is 72.4 cm³/mol. The number of aromatic nitrogens is 1. The fourth-order valence-electron chi connectivity index (χ4n) is 1.81. The van der Waals surface area contributed by atoms with Gasteiger partial charge in [-0.3, -0.25) is 4.99 Å². The van der Waals surface area contributed by atoms with E-state index in [9.17, 15) is 0 Å². The molecule has 1 aromatic carbocycles. The van der Waals surface area contributed by atoms with Gasteiger partial charge in [0.05, 0.1) is 24.5 Å². The van der Waals surface area contributed by atoms with E-state index in [0.717, 1.165) is 17.5 Å². The van der Waals surface area contributed by atoms with Gasteiger partial charge < -0.3 is 9.84 Å². The summed E-state index contributed by atoms with van der Waals surface area (Å²) in [4.78, 5) is 4.50. The minimum atomic E-state index is 0.420. The van der Waals surface area contributed by atoms with Crippen LogP contribution in [-0.4, -0.2) is 16.9 Å². The summed E-state index contributed by atoms with van der Waals surface area (Å²) in [5.74, 6) is 0.821. The van der Waals surface area contributed by atoms with E-state index < -0.39 is 0 Å². The molecule has 1 aliphatic heterocycles. The minimum absolute atomic E-state index is 0.420. The van der Waals surface area contributed by atoms with Crippen molar-refractivity contribution in [1.29, 1.82) is 0 Å². The standard InChI is InChI=1S/C13H13N3OS/c1-2-4-10(5-3-1)12-9-15-13(18-12)14-8-11-6-7-16-17-11/h1-7,12H,8-9H2,(H,14,15). The van der Waals surface area contributed by atoms with Crippen LogP contribution in [0.15, 0.2) is 52.1 Å². The maximum Gasteiger partial charge on any atom is 0.157 e. The lowest BCUT2D eigenvalue weighted by molar-refractivity contribution is 0.381. The Morgan fingerprint density at radius 3 is 2.94 bits per heavy atom. The molecule has 0 spiro atoms. The number of thioether (sulfide) groups is 1. The highest BCUT2D eigenvalue weighted by Gasteiger charge is 2.20. The summed E-state index contributed by atoms with van der Waals surface area (Å²) in [6, 6.07) is 12.3. The zero-order valence-corrected chi connectivity index (χ0v) is 10.6. The second kappa shape index (κ2) is 5.27. The Kier molecular flexibility index (Phi) is 3.32. The second-order valence-corrected chi connectivity index (χ2v) is 5.19. The van der Waals surface area contributed by atoms with Crippen LogP contribution in [0.3, 0.4) is 0 Å². The van der Waals surface area contributed by atoms with E-state index in [4.69, 9.17) is 4.52 Å². The largest absolute Gasteiger partial charge is 0.360 e. The lowest BCUT2D eigenvalue weighted by atomic mass is 10.1. The second-order valence-electron chi connectivity index (χ2n) is 4.00. The van der Waals surface area contributed by atoms with Crippen LogP contribution in [0.5, 0.6) is 0 Å². The molecule has 1 N–H and O–H groups in total. The highest BCUT2D eigenvalue weighted by Crippen LogP contribution is 2.34. The van der Waals surface area contributed by atoms with Crippen LogP contribution in [0.4, 0.5) is 0 Å². The molecule has 18 heavy (non-hydrogen) atoms. The van der Waals surface area contributed by atoms with Crippen molar-refractivity contribution < 1.29 is 4.52 Å². The molecule has 5 heteroatoms. The molecule has 0 radical (unpaired) electrons. The van der Waals surface area contributed by atoms with Crippen LogP contribution in [0.1, 0.15) is 16.6 Å². The van der Waals surface area contributed by atoms with Gasteiger partial charge in [0.25, 0.3) is 0 Å². The van der Waals surface area contributed by atoms with Gasteiger partial charge in [0, 0.05) is 6.07 Å². The lowest BCUT2D eigenvalue weighted by Crippen LogP contribution is -2.17. The molecule has 2 aromatic rings. The first-order valence-electron chi connectivity index (χ1n) is 5.81. The van der Waals surface area contributed by atoms with Gasteiger partial charge in [0.15, 0.2) is 10.9 Å². The molecular weight excluding hydrogens is 246 g/mol. The summed E-state index contributed by atoms with van der Waals surface area (Å²) in [6.07, 6.45) is 1.65. The van der Waals surface area contributed by atoms with Gasteiger partial charge in [-0.25, -0.2) is 0 Å². The molecule has 0 saturated carbocycles. The third-order valence-corrected chi connectivity index (χ3v) is 3.93. The molecule has 92 valence electrons. The monoisotopic (exact) mass is 259 g/mol. The Hall–Kier alpha value is -1.75. The number of nitrogens with one attached hydrogen (secondary N) is 1. The van der Waals surface area contributed by atoms with Crippen LogP contribution < -0.4 is 5.32 Å². The van der Waals surface area contributed by atoms with Gasteiger partial charge >= 0.3 is 0 Å². The van der Waals surface area contributed by atoms with E-state index >= 15 is 0 Å². The number of hydrogen-bond acceptors (Lipinski definition) is 5. The van der Waals surface area contributed by atoms with E-state index in [2.05, 4.69) is 39.7 Å². The lowest BCUT2D eigenvalue weighted by Gasteiger charge is -2.08. The molecule has 0 saturated heterocycles. The highest BCUT2D eigenvalue weighted by molar-refractivity contribution is 8.14. The summed E-state index contributed by atoms with van der Waals surface area (Å²) in [5, 5.41) is 8.32. The summed E-state index contributed by atoms with van der Waals surface area (Å²) in [7, 11) is 0. The Morgan fingerprint density at radius 2 is 2.17 bits per heavy atom. The molecule has 1 aromatic heterocycles. The first kappa shape index (κ1) is 11.3. The molecule has 0 amide bonds. The van der Waals surface area contributed by atoms with Gasteiger partial charge in [-0.15, -0.1) is 0 Å². The maximum absolute atomic E-state index is 5.03. The zero-order valence-electron chi connectivity index (χ0n) is 9.74. The molecule has 1 unspecified atom stereocenters. The van der Waals surface area contributed by atoms with Crippen molar-refractivity contribution in [1.82, 2.24) is 10.5 Å². The molecule has 0 fully saturated rings. The average Bonchev–Trinajstić information content (AvgIpc) is 3.09. The van der Waals surface area contributed by atoms with Crippen molar-refractivity contribution in [3.63, 3.8) is 0 Å². The third-order valence-electron chi connectivity index (χ3n) is 2.73. The Bertz CT molecular complexity index is 524. The first-order valence-corrected chi connectivity index (χ1v) is 6.69.